The summed E-state index contributed by atoms with van der Waals surface area (Å²) in [7, 11) is 0. The summed E-state index contributed by atoms with van der Waals surface area (Å²) in [5.41, 5.74) is 2.39. The molecule has 0 radical (unpaired) electrons. The van der Waals surface area contributed by atoms with Gasteiger partial charge in [0.05, 0.1) is 0 Å². The Bertz CT molecular complexity index is 938. The number of nitrogens with one attached hydrogen (secondary N) is 1. The summed E-state index contributed by atoms with van der Waals surface area (Å²) in [4.78, 5) is 28.1. The second kappa shape index (κ2) is 7.88. The molecule has 0 atom stereocenters. The standard InChI is InChI=1S/C19H15FN2O3S/c1-12-4-2-3-5-15(12)21-17(23)10-25-19(24)16-11-26-18(22-16)13-6-8-14(20)9-7-13/h2-9,11H,10H2,1H3,(H,21,23). The first kappa shape index (κ1) is 17.8. The van der Waals surface area contributed by atoms with Crippen molar-refractivity contribution in [2.45, 2.75) is 6.92 Å². The number of hydrogen-bond donors (Lipinski definition) is 1. The Kier molecular flexibility index (Phi) is 5.38. The highest BCUT2D eigenvalue weighted by atomic mass is 32.1. The molecule has 0 fully saturated rings. The molecule has 1 amide bonds. The lowest BCUT2D eigenvalue weighted by Crippen LogP contribution is -2.21. The molecule has 0 saturated heterocycles. The van der Waals surface area contributed by atoms with Gasteiger partial charge in [0.25, 0.3) is 5.91 Å². The van der Waals surface area contributed by atoms with Crippen molar-refractivity contribution in [1.29, 1.82) is 0 Å². The van der Waals surface area contributed by atoms with Gasteiger partial charge in [0.1, 0.15) is 10.8 Å². The first-order chi connectivity index (χ1) is 12.5. The van der Waals surface area contributed by atoms with Gasteiger partial charge in [-0.05, 0) is 42.8 Å². The molecule has 1 N–H and O–H groups in total. The molecule has 0 saturated carbocycles. The van der Waals surface area contributed by atoms with Crippen LogP contribution in [0, 0.1) is 12.7 Å². The summed E-state index contributed by atoms with van der Waals surface area (Å²) in [6.45, 7) is 1.46. The van der Waals surface area contributed by atoms with Gasteiger partial charge >= 0.3 is 5.97 Å². The molecule has 0 aliphatic rings. The minimum atomic E-state index is -0.686. The van der Waals surface area contributed by atoms with E-state index in [1.807, 2.05) is 19.1 Å². The molecule has 132 valence electrons. The van der Waals surface area contributed by atoms with Crippen LogP contribution < -0.4 is 5.32 Å². The van der Waals surface area contributed by atoms with Crippen molar-refractivity contribution < 1.29 is 18.7 Å². The fourth-order valence-corrected chi connectivity index (χ4v) is 2.99. The molecule has 1 aromatic heterocycles. The van der Waals surface area contributed by atoms with E-state index in [-0.39, 0.29) is 11.5 Å². The summed E-state index contributed by atoms with van der Waals surface area (Å²) in [6, 6.07) is 13.1. The van der Waals surface area contributed by atoms with E-state index in [0.717, 1.165) is 5.56 Å². The third kappa shape index (κ3) is 4.31. The lowest BCUT2D eigenvalue weighted by molar-refractivity contribution is -0.119. The Labute approximate surface area is 153 Å². The van der Waals surface area contributed by atoms with E-state index in [1.54, 1.807) is 29.6 Å². The zero-order valence-electron chi connectivity index (χ0n) is 13.9. The van der Waals surface area contributed by atoms with Gasteiger partial charge in [-0.3, -0.25) is 4.79 Å². The first-order valence-electron chi connectivity index (χ1n) is 7.77. The molecule has 0 aliphatic heterocycles. The number of esters is 1. The molecule has 7 heteroatoms. The van der Waals surface area contributed by atoms with Crippen LogP contribution in [0.5, 0.6) is 0 Å². The zero-order chi connectivity index (χ0) is 18.5. The van der Waals surface area contributed by atoms with Crippen LogP contribution in [-0.2, 0) is 9.53 Å². The largest absolute Gasteiger partial charge is 0.451 e. The number of ether oxygens (including phenoxy) is 1. The molecule has 3 rings (SSSR count). The van der Waals surface area contributed by atoms with Crippen LogP contribution in [0.15, 0.2) is 53.9 Å². The van der Waals surface area contributed by atoms with Gasteiger partial charge < -0.3 is 10.1 Å². The zero-order valence-corrected chi connectivity index (χ0v) is 14.7. The van der Waals surface area contributed by atoms with Gasteiger partial charge in [-0.1, -0.05) is 18.2 Å². The van der Waals surface area contributed by atoms with Gasteiger partial charge in [0.15, 0.2) is 12.3 Å². The van der Waals surface area contributed by atoms with Crippen LogP contribution in [0.2, 0.25) is 0 Å². The maximum atomic E-state index is 13.0. The van der Waals surface area contributed by atoms with Crippen LogP contribution in [0.3, 0.4) is 0 Å². The minimum Gasteiger partial charge on any atom is -0.451 e. The van der Waals surface area contributed by atoms with E-state index in [1.165, 1.54) is 23.5 Å². The fraction of sp³-hybridized carbons (Fsp3) is 0.105. The second-order valence-corrected chi connectivity index (χ2v) is 6.34. The predicted octanol–water partition coefficient (Wildman–Crippen LogP) is 4.05. The molecule has 1 heterocycles. The Hall–Kier alpha value is -3.06. The highest BCUT2D eigenvalue weighted by Gasteiger charge is 2.15. The van der Waals surface area contributed by atoms with Crippen molar-refractivity contribution >= 4 is 28.9 Å². The van der Waals surface area contributed by atoms with Crippen LogP contribution in [0.4, 0.5) is 10.1 Å². The Balaban J connectivity index is 1.58. The van der Waals surface area contributed by atoms with E-state index in [9.17, 15) is 14.0 Å². The normalized spacial score (nSPS) is 10.4. The number of benzene rings is 2. The van der Waals surface area contributed by atoms with E-state index in [0.29, 0.717) is 16.3 Å². The van der Waals surface area contributed by atoms with E-state index >= 15 is 0 Å². The third-order valence-corrected chi connectivity index (χ3v) is 4.45. The van der Waals surface area contributed by atoms with E-state index in [2.05, 4.69) is 10.3 Å². The van der Waals surface area contributed by atoms with Crippen molar-refractivity contribution in [1.82, 2.24) is 4.98 Å². The summed E-state index contributed by atoms with van der Waals surface area (Å²) >= 11 is 1.24. The lowest BCUT2D eigenvalue weighted by atomic mass is 10.2. The highest BCUT2D eigenvalue weighted by molar-refractivity contribution is 7.13. The van der Waals surface area contributed by atoms with Crippen LogP contribution in [-0.4, -0.2) is 23.5 Å². The lowest BCUT2D eigenvalue weighted by Gasteiger charge is -2.08. The SMILES string of the molecule is Cc1ccccc1NC(=O)COC(=O)c1csc(-c2ccc(F)cc2)n1. The van der Waals surface area contributed by atoms with E-state index < -0.39 is 18.5 Å². The van der Waals surface area contributed by atoms with Crippen molar-refractivity contribution in [2.24, 2.45) is 0 Å². The first-order valence-corrected chi connectivity index (χ1v) is 8.65. The summed E-state index contributed by atoms with van der Waals surface area (Å²) in [5.74, 6) is -1.46. The number of nitrogens with zero attached hydrogens (tertiary/aromatic N) is 1. The number of aryl methyl sites for hydroxylation is 1. The molecule has 0 unspecified atom stereocenters. The monoisotopic (exact) mass is 370 g/mol. The van der Waals surface area contributed by atoms with Gasteiger partial charge in [0.2, 0.25) is 0 Å². The average Bonchev–Trinajstić information content (AvgIpc) is 3.12. The highest BCUT2D eigenvalue weighted by Crippen LogP contribution is 2.24. The topological polar surface area (TPSA) is 68.3 Å². The molecule has 3 aromatic rings. The Morgan fingerprint density at radius 1 is 1.15 bits per heavy atom. The number of anilines is 1. The molecular formula is C19H15FN2O3S. The average molecular weight is 370 g/mol. The van der Waals surface area contributed by atoms with Crippen molar-refractivity contribution in [2.75, 3.05) is 11.9 Å². The number of aromatic nitrogens is 1. The third-order valence-electron chi connectivity index (χ3n) is 3.56. The molecule has 0 spiro atoms. The molecule has 0 aliphatic carbocycles. The molecule has 26 heavy (non-hydrogen) atoms. The number of thiazole rings is 1. The summed E-state index contributed by atoms with van der Waals surface area (Å²) in [5, 5.41) is 4.80. The van der Waals surface area contributed by atoms with Gasteiger partial charge in [-0.2, -0.15) is 0 Å². The number of amides is 1. The quantitative estimate of drug-likeness (QED) is 0.688. The molecule has 0 bridgehead atoms. The van der Waals surface area contributed by atoms with Crippen LogP contribution >= 0.6 is 11.3 Å². The number of para-hydroxylation sites is 1. The van der Waals surface area contributed by atoms with Crippen molar-refractivity contribution in [3.8, 4) is 10.6 Å². The summed E-state index contributed by atoms with van der Waals surface area (Å²) in [6.07, 6.45) is 0. The maximum absolute atomic E-state index is 13.0. The van der Waals surface area contributed by atoms with Gasteiger partial charge in [-0.15, -0.1) is 11.3 Å². The Morgan fingerprint density at radius 2 is 1.88 bits per heavy atom. The van der Waals surface area contributed by atoms with Crippen LogP contribution in [0.25, 0.3) is 10.6 Å². The van der Waals surface area contributed by atoms with Gasteiger partial charge in [0, 0.05) is 16.6 Å². The molecular weight excluding hydrogens is 355 g/mol. The second-order valence-electron chi connectivity index (χ2n) is 5.48. The smallest absolute Gasteiger partial charge is 0.358 e. The number of halogens is 1. The van der Waals surface area contributed by atoms with Crippen molar-refractivity contribution in [3.05, 3.63) is 71.0 Å². The van der Waals surface area contributed by atoms with Gasteiger partial charge in [-0.25, -0.2) is 14.2 Å². The Morgan fingerprint density at radius 3 is 2.62 bits per heavy atom. The predicted molar refractivity (Wildman–Crippen MR) is 97.6 cm³/mol. The maximum Gasteiger partial charge on any atom is 0.358 e. The number of rotatable bonds is 5. The number of carbonyl (C=O) groups excluding carboxylic acids is 2. The van der Waals surface area contributed by atoms with Crippen molar-refractivity contribution in [3.63, 3.8) is 0 Å². The van der Waals surface area contributed by atoms with Crippen LogP contribution in [0.1, 0.15) is 16.1 Å². The summed E-state index contributed by atoms with van der Waals surface area (Å²) < 4.78 is 18.0. The number of hydrogen-bond acceptors (Lipinski definition) is 5. The fourth-order valence-electron chi connectivity index (χ4n) is 2.20. The van der Waals surface area contributed by atoms with E-state index in [4.69, 9.17) is 4.74 Å². The molecule has 2 aromatic carbocycles. The minimum absolute atomic E-state index is 0.109. The molecule has 5 nitrogen and oxygen atoms in total. The number of carbonyl (C=O) groups is 2.